The Balaban J connectivity index is 1.59. The molecule has 2 nitrogen and oxygen atoms in total. The Labute approximate surface area is 157 Å². The van der Waals surface area contributed by atoms with Crippen LogP contribution in [-0.2, 0) is 4.74 Å². The molecule has 0 saturated carbocycles. The van der Waals surface area contributed by atoms with Gasteiger partial charge in [-0.3, -0.25) is 0 Å². The molecule has 2 atom stereocenters. The maximum atomic E-state index is 6.21. The first-order chi connectivity index (χ1) is 12.9. The molecule has 1 aliphatic heterocycles. The standard InChI is InChI=1S/C23H24O2Si/c1-3-9-19(10-4-1)25-20-14-16-22(17-15-20)26(21-11-5-2-6-12-21)23-13-7-8-18-24-23/h1-6,9-12,14-17,23,26H,7-8,13,18H2. The Hall–Kier alpha value is -2.36. The van der Waals surface area contributed by atoms with Gasteiger partial charge in [0.25, 0.3) is 0 Å². The van der Waals surface area contributed by atoms with Crippen molar-refractivity contribution in [1.82, 2.24) is 0 Å². The fourth-order valence-corrected chi connectivity index (χ4v) is 7.06. The van der Waals surface area contributed by atoms with Crippen LogP contribution in [0.4, 0.5) is 0 Å². The summed E-state index contributed by atoms with van der Waals surface area (Å²) in [7, 11) is -1.42. The van der Waals surface area contributed by atoms with E-state index in [1.807, 2.05) is 30.3 Å². The van der Waals surface area contributed by atoms with Gasteiger partial charge in [-0.25, -0.2) is 0 Å². The highest BCUT2D eigenvalue weighted by atomic mass is 28.3. The van der Waals surface area contributed by atoms with Crippen LogP contribution < -0.4 is 15.1 Å². The van der Waals surface area contributed by atoms with Gasteiger partial charge in [-0.15, -0.1) is 0 Å². The van der Waals surface area contributed by atoms with Crippen LogP contribution in [0.3, 0.4) is 0 Å². The van der Waals surface area contributed by atoms with Crippen LogP contribution in [-0.4, -0.2) is 21.1 Å². The molecule has 1 heterocycles. The quantitative estimate of drug-likeness (QED) is 0.642. The largest absolute Gasteiger partial charge is 0.457 e. The van der Waals surface area contributed by atoms with Gasteiger partial charge in [-0.2, -0.15) is 0 Å². The van der Waals surface area contributed by atoms with E-state index >= 15 is 0 Å². The summed E-state index contributed by atoms with van der Waals surface area (Å²) >= 11 is 0. The van der Waals surface area contributed by atoms with E-state index in [1.165, 1.54) is 29.6 Å². The highest BCUT2D eigenvalue weighted by molar-refractivity contribution is 6.86. The monoisotopic (exact) mass is 360 g/mol. The van der Waals surface area contributed by atoms with Gasteiger partial charge in [0.05, 0.1) is 5.73 Å². The van der Waals surface area contributed by atoms with E-state index < -0.39 is 8.80 Å². The predicted octanol–water partition coefficient (Wildman–Crippen LogP) is 3.93. The van der Waals surface area contributed by atoms with Gasteiger partial charge in [0.1, 0.15) is 20.3 Å². The molecule has 1 saturated heterocycles. The summed E-state index contributed by atoms with van der Waals surface area (Å²) in [5.74, 6) is 1.75. The highest BCUT2D eigenvalue weighted by Crippen LogP contribution is 2.21. The van der Waals surface area contributed by atoms with Crippen LogP contribution in [0.5, 0.6) is 11.5 Å². The molecule has 26 heavy (non-hydrogen) atoms. The zero-order valence-corrected chi connectivity index (χ0v) is 16.0. The third-order valence-corrected chi connectivity index (χ3v) is 8.44. The first kappa shape index (κ1) is 17.1. The van der Waals surface area contributed by atoms with Gasteiger partial charge in [-0.1, -0.05) is 71.0 Å². The lowest BCUT2D eigenvalue weighted by molar-refractivity contribution is 0.0644. The second-order valence-electron chi connectivity index (χ2n) is 6.78. The minimum atomic E-state index is -1.42. The topological polar surface area (TPSA) is 18.5 Å². The molecule has 0 aliphatic carbocycles. The average molecular weight is 361 g/mol. The summed E-state index contributed by atoms with van der Waals surface area (Å²) < 4.78 is 12.2. The molecule has 0 radical (unpaired) electrons. The fourth-order valence-electron chi connectivity index (χ4n) is 3.68. The SMILES string of the molecule is c1ccc(Oc2ccc([SiH](c3ccccc3)C3CCCCO3)cc2)cc1. The van der Waals surface area contributed by atoms with Crippen molar-refractivity contribution >= 4 is 19.2 Å². The maximum Gasteiger partial charge on any atom is 0.134 e. The zero-order valence-electron chi connectivity index (χ0n) is 14.9. The smallest absolute Gasteiger partial charge is 0.134 e. The van der Waals surface area contributed by atoms with Crippen molar-refractivity contribution in [2.24, 2.45) is 0 Å². The lowest BCUT2D eigenvalue weighted by Crippen LogP contribution is -2.53. The molecule has 1 aliphatic rings. The second-order valence-corrected chi connectivity index (χ2v) is 9.81. The first-order valence-electron chi connectivity index (χ1n) is 9.39. The summed E-state index contributed by atoms with van der Waals surface area (Å²) in [6, 6.07) is 29.5. The first-order valence-corrected chi connectivity index (χ1v) is 11.2. The minimum Gasteiger partial charge on any atom is -0.457 e. The summed E-state index contributed by atoms with van der Waals surface area (Å²) in [6.45, 7) is 0.899. The predicted molar refractivity (Wildman–Crippen MR) is 109 cm³/mol. The Morgan fingerprint density at radius 3 is 1.96 bits per heavy atom. The number of benzene rings is 3. The summed E-state index contributed by atoms with van der Waals surface area (Å²) in [6.07, 6.45) is 3.64. The van der Waals surface area contributed by atoms with Gasteiger partial charge in [-0.05, 0) is 43.5 Å². The lowest BCUT2D eigenvalue weighted by atomic mass is 10.2. The van der Waals surface area contributed by atoms with Crippen molar-refractivity contribution < 1.29 is 9.47 Å². The zero-order chi connectivity index (χ0) is 17.6. The van der Waals surface area contributed by atoms with Crippen LogP contribution in [0.2, 0.25) is 0 Å². The minimum absolute atomic E-state index is 0.382. The third-order valence-electron chi connectivity index (χ3n) is 4.96. The van der Waals surface area contributed by atoms with Crippen LogP contribution >= 0.6 is 0 Å². The second kappa shape index (κ2) is 8.34. The number of rotatable bonds is 5. The van der Waals surface area contributed by atoms with Crippen LogP contribution in [0.15, 0.2) is 84.9 Å². The van der Waals surface area contributed by atoms with E-state index in [4.69, 9.17) is 9.47 Å². The van der Waals surface area contributed by atoms with Crippen molar-refractivity contribution in [3.05, 3.63) is 84.9 Å². The number of hydrogen-bond acceptors (Lipinski definition) is 2. The highest BCUT2D eigenvalue weighted by Gasteiger charge is 2.29. The molecule has 0 aromatic heterocycles. The van der Waals surface area contributed by atoms with Crippen molar-refractivity contribution in [1.29, 1.82) is 0 Å². The van der Waals surface area contributed by atoms with E-state index in [2.05, 4.69) is 54.6 Å². The average Bonchev–Trinajstić information content (AvgIpc) is 2.72. The van der Waals surface area contributed by atoms with Crippen molar-refractivity contribution in [2.45, 2.75) is 25.0 Å². The van der Waals surface area contributed by atoms with Crippen LogP contribution in [0.25, 0.3) is 0 Å². The van der Waals surface area contributed by atoms with Gasteiger partial charge in [0, 0.05) is 6.61 Å². The summed E-state index contributed by atoms with van der Waals surface area (Å²) in [5, 5.41) is 2.87. The van der Waals surface area contributed by atoms with E-state index in [-0.39, 0.29) is 0 Å². The normalized spacial score (nSPS) is 18.2. The van der Waals surface area contributed by atoms with Crippen molar-refractivity contribution in [3.63, 3.8) is 0 Å². The van der Waals surface area contributed by atoms with Gasteiger partial charge in [0.15, 0.2) is 0 Å². The van der Waals surface area contributed by atoms with Gasteiger partial charge < -0.3 is 9.47 Å². The van der Waals surface area contributed by atoms with E-state index in [1.54, 1.807) is 0 Å². The lowest BCUT2D eigenvalue weighted by Gasteiger charge is -2.30. The molecule has 3 aromatic carbocycles. The number of ether oxygens (including phenoxy) is 2. The van der Waals surface area contributed by atoms with E-state index in [9.17, 15) is 0 Å². The molecule has 2 unspecified atom stereocenters. The molecule has 0 spiro atoms. The van der Waals surface area contributed by atoms with Gasteiger partial charge in [0.2, 0.25) is 0 Å². The number of hydrogen-bond donors (Lipinski definition) is 0. The Morgan fingerprint density at radius 2 is 1.31 bits per heavy atom. The maximum absolute atomic E-state index is 6.21. The van der Waals surface area contributed by atoms with Gasteiger partial charge >= 0.3 is 0 Å². The molecule has 0 bridgehead atoms. The molecule has 3 aromatic rings. The third kappa shape index (κ3) is 4.06. The Bertz CT molecular complexity index is 797. The molecule has 0 N–H and O–H groups in total. The molecular weight excluding hydrogens is 336 g/mol. The van der Waals surface area contributed by atoms with Crippen molar-refractivity contribution in [3.8, 4) is 11.5 Å². The molecule has 1 fully saturated rings. The van der Waals surface area contributed by atoms with Crippen LogP contribution in [0.1, 0.15) is 19.3 Å². The summed E-state index contributed by atoms with van der Waals surface area (Å²) in [4.78, 5) is 0. The molecule has 132 valence electrons. The molecule has 3 heteroatoms. The van der Waals surface area contributed by atoms with E-state index in [0.717, 1.165) is 18.1 Å². The summed E-state index contributed by atoms with van der Waals surface area (Å²) in [5.41, 5.74) is 0.382. The molecular formula is C23H24O2Si. The van der Waals surface area contributed by atoms with E-state index in [0.29, 0.717) is 5.73 Å². The molecule has 0 amide bonds. The number of para-hydroxylation sites is 1. The van der Waals surface area contributed by atoms with Crippen molar-refractivity contribution in [2.75, 3.05) is 6.61 Å². The van der Waals surface area contributed by atoms with Crippen LogP contribution in [0, 0.1) is 0 Å². The molecule has 4 rings (SSSR count). The Morgan fingerprint density at radius 1 is 0.692 bits per heavy atom. The fraction of sp³-hybridized carbons (Fsp3) is 0.217. The Kier molecular flexibility index (Phi) is 5.48.